The van der Waals surface area contributed by atoms with Crippen LogP contribution in [0.4, 0.5) is 0 Å². The number of amides is 2. The molecule has 0 aliphatic carbocycles. The number of piperazine rings is 1. The van der Waals surface area contributed by atoms with Crippen LogP contribution in [0.1, 0.15) is 20.7 Å². The SMILES string of the molecule is COc1cc(OC)cc(C(=O)N2CCN(C(=O)c3cccc(O)c3)CC2)c1. The van der Waals surface area contributed by atoms with E-state index in [9.17, 15) is 14.7 Å². The van der Waals surface area contributed by atoms with E-state index in [2.05, 4.69) is 0 Å². The quantitative estimate of drug-likeness (QED) is 0.891. The topological polar surface area (TPSA) is 79.3 Å². The van der Waals surface area contributed by atoms with Crippen molar-refractivity contribution in [1.29, 1.82) is 0 Å². The summed E-state index contributed by atoms with van der Waals surface area (Å²) in [5, 5.41) is 9.54. The summed E-state index contributed by atoms with van der Waals surface area (Å²) in [7, 11) is 3.07. The number of aromatic hydroxyl groups is 1. The number of ether oxygens (including phenoxy) is 2. The second kappa shape index (κ2) is 7.99. The third kappa shape index (κ3) is 4.13. The molecule has 1 aliphatic heterocycles. The van der Waals surface area contributed by atoms with Gasteiger partial charge in [-0.05, 0) is 30.3 Å². The van der Waals surface area contributed by atoms with E-state index in [-0.39, 0.29) is 17.6 Å². The van der Waals surface area contributed by atoms with Crippen LogP contribution in [0.15, 0.2) is 42.5 Å². The van der Waals surface area contributed by atoms with Crippen molar-refractivity contribution < 1.29 is 24.2 Å². The van der Waals surface area contributed by atoms with Crippen LogP contribution in [0.2, 0.25) is 0 Å². The van der Waals surface area contributed by atoms with Crippen molar-refractivity contribution in [2.75, 3.05) is 40.4 Å². The second-order valence-electron chi connectivity index (χ2n) is 6.24. The first kappa shape index (κ1) is 18.6. The van der Waals surface area contributed by atoms with Gasteiger partial charge in [-0.3, -0.25) is 9.59 Å². The predicted octanol–water partition coefficient (Wildman–Crippen LogP) is 2.01. The lowest BCUT2D eigenvalue weighted by atomic mass is 10.1. The number of nitrogens with zero attached hydrogens (tertiary/aromatic N) is 2. The minimum atomic E-state index is -0.152. The molecule has 1 fully saturated rings. The summed E-state index contributed by atoms with van der Waals surface area (Å²) in [6, 6.07) is 11.3. The fourth-order valence-electron chi connectivity index (χ4n) is 3.05. The molecule has 142 valence electrons. The molecule has 0 spiro atoms. The number of hydrogen-bond acceptors (Lipinski definition) is 5. The fourth-order valence-corrected chi connectivity index (χ4v) is 3.05. The van der Waals surface area contributed by atoms with E-state index in [1.54, 1.807) is 40.1 Å². The fraction of sp³-hybridized carbons (Fsp3) is 0.300. The average Bonchev–Trinajstić information content (AvgIpc) is 2.72. The highest BCUT2D eigenvalue weighted by Crippen LogP contribution is 2.24. The van der Waals surface area contributed by atoms with Crippen LogP contribution in [-0.2, 0) is 0 Å². The molecule has 0 bridgehead atoms. The lowest BCUT2D eigenvalue weighted by molar-refractivity contribution is 0.0535. The molecule has 7 nitrogen and oxygen atoms in total. The van der Waals surface area contributed by atoms with Gasteiger partial charge < -0.3 is 24.4 Å². The molecule has 0 radical (unpaired) electrons. The molecule has 1 aliphatic rings. The monoisotopic (exact) mass is 370 g/mol. The lowest BCUT2D eigenvalue weighted by Gasteiger charge is -2.35. The Bertz CT molecular complexity index is 822. The van der Waals surface area contributed by atoms with Gasteiger partial charge in [0, 0.05) is 43.4 Å². The number of benzene rings is 2. The zero-order chi connectivity index (χ0) is 19.4. The number of hydrogen-bond donors (Lipinski definition) is 1. The molecule has 0 atom stereocenters. The summed E-state index contributed by atoms with van der Waals surface area (Å²) in [4.78, 5) is 28.7. The van der Waals surface area contributed by atoms with E-state index in [0.717, 1.165) is 0 Å². The molecule has 1 N–H and O–H groups in total. The lowest BCUT2D eigenvalue weighted by Crippen LogP contribution is -2.50. The first-order valence-corrected chi connectivity index (χ1v) is 8.62. The van der Waals surface area contributed by atoms with E-state index in [4.69, 9.17) is 9.47 Å². The van der Waals surface area contributed by atoms with Gasteiger partial charge in [-0.2, -0.15) is 0 Å². The van der Waals surface area contributed by atoms with Crippen LogP contribution in [0.5, 0.6) is 17.2 Å². The maximum Gasteiger partial charge on any atom is 0.254 e. The third-order valence-electron chi connectivity index (χ3n) is 4.55. The number of carbonyl (C=O) groups is 2. The molecule has 0 aromatic heterocycles. The van der Waals surface area contributed by atoms with E-state index in [1.165, 1.54) is 26.4 Å². The van der Waals surface area contributed by atoms with Gasteiger partial charge in [0.25, 0.3) is 11.8 Å². The Balaban J connectivity index is 1.67. The van der Waals surface area contributed by atoms with Gasteiger partial charge >= 0.3 is 0 Å². The Hall–Kier alpha value is -3.22. The highest BCUT2D eigenvalue weighted by atomic mass is 16.5. The summed E-state index contributed by atoms with van der Waals surface area (Å²) < 4.78 is 10.4. The van der Waals surface area contributed by atoms with Gasteiger partial charge in [0.05, 0.1) is 14.2 Å². The van der Waals surface area contributed by atoms with Gasteiger partial charge in [-0.15, -0.1) is 0 Å². The number of phenolic OH excluding ortho intramolecular Hbond substituents is 1. The summed E-state index contributed by atoms with van der Waals surface area (Å²) in [5.74, 6) is 0.880. The molecule has 1 saturated heterocycles. The van der Waals surface area contributed by atoms with Crippen LogP contribution in [-0.4, -0.2) is 67.1 Å². The molecule has 27 heavy (non-hydrogen) atoms. The largest absolute Gasteiger partial charge is 0.508 e. The van der Waals surface area contributed by atoms with Gasteiger partial charge in [-0.1, -0.05) is 6.07 Å². The zero-order valence-electron chi connectivity index (χ0n) is 15.3. The Morgan fingerprint density at radius 1 is 0.815 bits per heavy atom. The first-order chi connectivity index (χ1) is 13.0. The standard InChI is InChI=1S/C20H22N2O5/c1-26-17-11-15(12-18(13-17)27-2)20(25)22-8-6-21(7-9-22)19(24)14-4-3-5-16(23)10-14/h3-5,10-13,23H,6-9H2,1-2H3. The van der Waals surface area contributed by atoms with Crippen LogP contribution in [0.25, 0.3) is 0 Å². The van der Waals surface area contributed by atoms with Gasteiger partial charge in [0.1, 0.15) is 17.2 Å². The second-order valence-corrected chi connectivity index (χ2v) is 6.24. The highest BCUT2D eigenvalue weighted by Gasteiger charge is 2.26. The zero-order valence-corrected chi connectivity index (χ0v) is 15.3. The maximum absolute atomic E-state index is 12.8. The Labute approximate surface area is 157 Å². The van der Waals surface area contributed by atoms with E-state index in [1.807, 2.05) is 0 Å². The van der Waals surface area contributed by atoms with Crippen LogP contribution in [0.3, 0.4) is 0 Å². The minimum absolute atomic E-state index is 0.0571. The molecule has 2 amide bonds. The van der Waals surface area contributed by atoms with Crippen molar-refractivity contribution in [3.8, 4) is 17.2 Å². The molecule has 2 aromatic carbocycles. The van der Waals surface area contributed by atoms with Gasteiger partial charge in [0.2, 0.25) is 0 Å². The van der Waals surface area contributed by atoms with Crippen molar-refractivity contribution >= 4 is 11.8 Å². The summed E-state index contributed by atoms with van der Waals surface area (Å²) >= 11 is 0. The average molecular weight is 370 g/mol. The number of rotatable bonds is 4. The summed E-state index contributed by atoms with van der Waals surface area (Å²) in [6.07, 6.45) is 0. The smallest absolute Gasteiger partial charge is 0.254 e. The van der Waals surface area contributed by atoms with Gasteiger partial charge in [0.15, 0.2) is 0 Å². The van der Waals surface area contributed by atoms with Crippen LogP contribution < -0.4 is 9.47 Å². The van der Waals surface area contributed by atoms with E-state index in [0.29, 0.717) is 48.8 Å². The summed E-state index contributed by atoms with van der Waals surface area (Å²) in [6.45, 7) is 1.73. The molecular formula is C20H22N2O5. The predicted molar refractivity (Wildman–Crippen MR) is 99.5 cm³/mol. The van der Waals surface area contributed by atoms with Crippen molar-refractivity contribution in [1.82, 2.24) is 9.80 Å². The molecular weight excluding hydrogens is 348 g/mol. The molecule has 7 heteroatoms. The Morgan fingerprint density at radius 2 is 1.33 bits per heavy atom. The normalized spacial score (nSPS) is 14.0. The molecule has 0 unspecified atom stereocenters. The number of phenols is 1. The maximum atomic E-state index is 12.8. The minimum Gasteiger partial charge on any atom is -0.508 e. The Kier molecular flexibility index (Phi) is 5.49. The summed E-state index contributed by atoms with van der Waals surface area (Å²) in [5.41, 5.74) is 0.922. The highest BCUT2D eigenvalue weighted by molar-refractivity contribution is 5.96. The molecule has 3 rings (SSSR count). The van der Waals surface area contributed by atoms with Crippen molar-refractivity contribution in [2.45, 2.75) is 0 Å². The number of methoxy groups -OCH3 is 2. The number of carbonyl (C=O) groups excluding carboxylic acids is 2. The molecule has 2 aromatic rings. The van der Waals surface area contributed by atoms with E-state index >= 15 is 0 Å². The Morgan fingerprint density at radius 3 is 1.81 bits per heavy atom. The van der Waals surface area contributed by atoms with E-state index < -0.39 is 0 Å². The molecule has 0 saturated carbocycles. The van der Waals surface area contributed by atoms with Crippen LogP contribution >= 0.6 is 0 Å². The van der Waals surface area contributed by atoms with Crippen molar-refractivity contribution in [3.05, 3.63) is 53.6 Å². The first-order valence-electron chi connectivity index (χ1n) is 8.62. The molecule has 1 heterocycles. The van der Waals surface area contributed by atoms with Crippen molar-refractivity contribution in [3.63, 3.8) is 0 Å². The van der Waals surface area contributed by atoms with Gasteiger partial charge in [-0.25, -0.2) is 0 Å². The van der Waals surface area contributed by atoms with Crippen molar-refractivity contribution in [2.24, 2.45) is 0 Å². The third-order valence-corrected chi connectivity index (χ3v) is 4.55. The van der Waals surface area contributed by atoms with Crippen LogP contribution in [0, 0.1) is 0 Å².